The Bertz CT molecular complexity index is 324. The van der Waals surface area contributed by atoms with Crippen molar-refractivity contribution in [3.8, 4) is 0 Å². The second-order valence-corrected chi connectivity index (χ2v) is 7.15. The summed E-state index contributed by atoms with van der Waals surface area (Å²) in [7, 11) is -4.38. The van der Waals surface area contributed by atoms with Crippen molar-refractivity contribution < 1.29 is 18.9 Å². The van der Waals surface area contributed by atoms with Gasteiger partial charge in [0.2, 0.25) is 0 Å². The monoisotopic (exact) mass is 394 g/mol. The van der Waals surface area contributed by atoms with Gasteiger partial charge in [0.05, 0.1) is 10.9 Å². The Hall–Kier alpha value is 0.800. The van der Waals surface area contributed by atoms with Crippen molar-refractivity contribution >= 4 is 46.3 Å². The van der Waals surface area contributed by atoms with E-state index in [0.717, 1.165) is 3.58 Å². The zero-order chi connectivity index (χ0) is 10.8. The third-order valence-corrected chi connectivity index (χ3v) is 3.59. The van der Waals surface area contributed by atoms with Crippen LogP contribution in [0.25, 0.3) is 0 Å². The first-order chi connectivity index (χ1) is 6.31. The molecular formula is C7H9BrIO4P. The van der Waals surface area contributed by atoms with Gasteiger partial charge in [0.15, 0.2) is 0 Å². The van der Waals surface area contributed by atoms with E-state index >= 15 is 0 Å². The lowest BCUT2D eigenvalue weighted by atomic mass is 10.0. The maximum absolute atomic E-state index is 10.5. The Kier molecular flexibility index (Phi) is 4.37. The van der Waals surface area contributed by atoms with E-state index in [-0.39, 0.29) is 6.61 Å². The Morgan fingerprint density at radius 1 is 1.71 bits per heavy atom. The van der Waals surface area contributed by atoms with E-state index in [1.807, 2.05) is 18.2 Å². The quantitative estimate of drug-likeness (QED) is 0.438. The first kappa shape index (κ1) is 12.9. The second-order valence-electron chi connectivity index (χ2n) is 2.95. The molecule has 1 unspecified atom stereocenters. The third kappa shape index (κ3) is 4.55. The van der Waals surface area contributed by atoms with Crippen LogP contribution in [0, 0.1) is 0 Å². The molecular weight excluding hydrogens is 386 g/mol. The van der Waals surface area contributed by atoms with Crippen LogP contribution in [0.15, 0.2) is 21.8 Å². The normalized spacial score (nSPS) is 27.6. The minimum atomic E-state index is -4.38. The summed E-state index contributed by atoms with van der Waals surface area (Å²) in [5.74, 6) is 0. The summed E-state index contributed by atoms with van der Waals surface area (Å²) in [6, 6.07) is 0. The molecule has 0 saturated heterocycles. The van der Waals surface area contributed by atoms with Gasteiger partial charge in [0.1, 0.15) is 0 Å². The van der Waals surface area contributed by atoms with Crippen molar-refractivity contribution in [2.24, 2.45) is 0 Å². The lowest BCUT2D eigenvalue weighted by Crippen LogP contribution is -2.25. The van der Waals surface area contributed by atoms with Gasteiger partial charge in [-0.2, -0.15) is 0 Å². The van der Waals surface area contributed by atoms with Gasteiger partial charge in [-0.15, -0.1) is 0 Å². The van der Waals surface area contributed by atoms with Crippen LogP contribution < -0.4 is 0 Å². The van der Waals surface area contributed by atoms with Crippen LogP contribution in [-0.2, 0) is 9.09 Å². The highest BCUT2D eigenvalue weighted by Crippen LogP contribution is 2.41. The number of hydrogen-bond acceptors (Lipinski definition) is 2. The fourth-order valence-corrected chi connectivity index (χ4v) is 3.57. The van der Waals surface area contributed by atoms with Crippen LogP contribution in [0.3, 0.4) is 0 Å². The predicted molar refractivity (Wildman–Crippen MR) is 65.5 cm³/mol. The number of halogens is 2. The van der Waals surface area contributed by atoms with Crippen LogP contribution in [0.1, 0.15) is 6.42 Å². The van der Waals surface area contributed by atoms with Crippen LogP contribution in [0.2, 0.25) is 0 Å². The molecule has 1 aliphatic carbocycles. The Morgan fingerprint density at radius 3 is 2.86 bits per heavy atom. The molecule has 0 spiro atoms. The first-order valence-electron chi connectivity index (χ1n) is 3.74. The Labute approximate surface area is 104 Å². The standard InChI is InChI=1S/C7H9BrIO4P/c8-7(5-13-14(10,11)12)3-1-2-6(9)4-7/h1-3H,4-5H2,(H2,10,11,12). The lowest BCUT2D eigenvalue weighted by molar-refractivity contribution is 0.188. The molecule has 7 heteroatoms. The Balaban J connectivity index is 2.57. The number of hydrogen-bond donors (Lipinski definition) is 2. The molecule has 80 valence electrons. The molecule has 2 N–H and O–H groups in total. The number of rotatable bonds is 3. The molecule has 0 aromatic heterocycles. The van der Waals surface area contributed by atoms with Gasteiger partial charge in [-0.05, 0) is 32.6 Å². The van der Waals surface area contributed by atoms with E-state index in [0.29, 0.717) is 6.42 Å². The number of phosphoric ester groups is 1. The predicted octanol–water partition coefficient (Wildman–Crippen LogP) is 2.51. The number of allylic oxidation sites excluding steroid dienone is 3. The zero-order valence-corrected chi connectivity index (χ0v) is 11.7. The van der Waals surface area contributed by atoms with Gasteiger partial charge >= 0.3 is 7.82 Å². The van der Waals surface area contributed by atoms with Gasteiger partial charge in [-0.25, -0.2) is 4.57 Å². The molecule has 1 aliphatic rings. The molecule has 0 saturated carbocycles. The summed E-state index contributed by atoms with van der Waals surface area (Å²) in [6.07, 6.45) is 6.27. The molecule has 1 atom stereocenters. The highest BCUT2D eigenvalue weighted by atomic mass is 127. The van der Waals surface area contributed by atoms with Crippen molar-refractivity contribution in [1.29, 1.82) is 0 Å². The molecule has 0 amide bonds. The Morgan fingerprint density at radius 2 is 2.36 bits per heavy atom. The van der Waals surface area contributed by atoms with Gasteiger partial charge < -0.3 is 9.79 Å². The van der Waals surface area contributed by atoms with Gasteiger partial charge in [-0.1, -0.05) is 34.2 Å². The number of alkyl halides is 1. The van der Waals surface area contributed by atoms with Crippen LogP contribution in [0.5, 0.6) is 0 Å². The van der Waals surface area contributed by atoms with E-state index in [9.17, 15) is 4.57 Å². The first-order valence-corrected chi connectivity index (χ1v) is 7.14. The second kappa shape index (κ2) is 4.76. The van der Waals surface area contributed by atoms with Crippen LogP contribution in [-0.4, -0.2) is 20.7 Å². The summed E-state index contributed by atoms with van der Waals surface area (Å²) < 4.78 is 15.6. The summed E-state index contributed by atoms with van der Waals surface area (Å²) in [5, 5.41) is 0. The van der Waals surface area contributed by atoms with Crippen molar-refractivity contribution in [1.82, 2.24) is 0 Å². The van der Waals surface area contributed by atoms with E-state index in [4.69, 9.17) is 9.79 Å². The minimum absolute atomic E-state index is 0.0475. The summed E-state index contributed by atoms with van der Waals surface area (Å²) in [5.41, 5.74) is 0. The van der Waals surface area contributed by atoms with E-state index in [1.54, 1.807) is 0 Å². The molecule has 0 heterocycles. The molecule has 0 fully saturated rings. The molecule has 4 nitrogen and oxygen atoms in total. The van der Waals surface area contributed by atoms with Crippen LogP contribution >= 0.6 is 46.3 Å². The molecule has 14 heavy (non-hydrogen) atoms. The summed E-state index contributed by atoms with van der Waals surface area (Å²) in [4.78, 5) is 17.1. The molecule has 0 aromatic carbocycles. The highest BCUT2D eigenvalue weighted by molar-refractivity contribution is 14.1. The van der Waals surface area contributed by atoms with E-state index < -0.39 is 12.1 Å². The van der Waals surface area contributed by atoms with Crippen molar-refractivity contribution in [2.45, 2.75) is 10.7 Å². The third-order valence-electron chi connectivity index (χ3n) is 1.61. The molecule has 0 radical (unpaired) electrons. The van der Waals surface area contributed by atoms with Gasteiger partial charge in [-0.3, -0.25) is 4.52 Å². The maximum atomic E-state index is 10.5. The molecule has 0 bridgehead atoms. The molecule has 0 aromatic rings. The average molecular weight is 395 g/mol. The topological polar surface area (TPSA) is 66.8 Å². The number of phosphoric acid groups is 1. The fourth-order valence-electron chi connectivity index (χ4n) is 1.01. The van der Waals surface area contributed by atoms with Gasteiger partial charge in [0, 0.05) is 0 Å². The van der Waals surface area contributed by atoms with E-state index in [2.05, 4.69) is 43.0 Å². The zero-order valence-electron chi connectivity index (χ0n) is 7.06. The SMILES string of the molecule is O=P(O)(O)OCC1(Br)C=CC=C(I)C1. The van der Waals surface area contributed by atoms with Crippen molar-refractivity contribution in [3.63, 3.8) is 0 Å². The van der Waals surface area contributed by atoms with E-state index in [1.165, 1.54) is 0 Å². The summed E-state index contributed by atoms with van der Waals surface area (Å²) in [6.45, 7) is -0.0475. The highest BCUT2D eigenvalue weighted by Gasteiger charge is 2.29. The van der Waals surface area contributed by atoms with Crippen molar-refractivity contribution in [2.75, 3.05) is 6.61 Å². The fraction of sp³-hybridized carbons (Fsp3) is 0.429. The largest absolute Gasteiger partial charge is 0.469 e. The smallest absolute Gasteiger partial charge is 0.303 e. The molecule has 1 rings (SSSR count). The van der Waals surface area contributed by atoms with Crippen molar-refractivity contribution in [3.05, 3.63) is 21.8 Å². The lowest BCUT2D eigenvalue weighted by Gasteiger charge is -2.25. The summed E-state index contributed by atoms with van der Waals surface area (Å²) >= 11 is 5.56. The molecule has 0 aliphatic heterocycles. The average Bonchev–Trinajstić information content (AvgIpc) is 1.99. The maximum Gasteiger partial charge on any atom is 0.469 e. The van der Waals surface area contributed by atoms with Crippen LogP contribution in [0.4, 0.5) is 0 Å². The minimum Gasteiger partial charge on any atom is -0.303 e. The van der Waals surface area contributed by atoms with Gasteiger partial charge in [0.25, 0.3) is 0 Å².